The minimum atomic E-state index is -0.0912. The van der Waals surface area contributed by atoms with Crippen LogP contribution in [0.1, 0.15) is 25.8 Å². The molecule has 0 aliphatic carbocycles. The van der Waals surface area contributed by atoms with Crippen molar-refractivity contribution >= 4 is 5.97 Å². The van der Waals surface area contributed by atoms with E-state index in [1.807, 2.05) is 12.1 Å². The Morgan fingerprint density at radius 1 is 1.43 bits per heavy atom. The second kappa shape index (κ2) is 7.46. The lowest BCUT2D eigenvalue weighted by Crippen LogP contribution is -2.23. The molecule has 4 heteroatoms. The standard InChI is InChI=1S/C17H25NO3/c1-13(2)12-21-16-6-4-5-14(9-16)10-18-8-7-15(11-18)17(19)20-3/h4-6,9,13,15H,7-8,10-12H2,1-3H3. The third kappa shape index (κ3) is 4.74. The van der Waals surface area contributed by atoms with Crippen LogP contribution in [0.25, 0.3) is 0 Å². The topological polar surface area (TPSA) is 38.8 Å². The Balaban J connectivity index is 1.88. The highest BCUT2D eigenvalue weighted by molar-refractivity contribution is 5.72. The number of likely N-dealkylation sites (tertiary alicyclic amines) is 1. The van der Waals surface area contributed by atoms with Crippen molar-refractivity contribution in [2.45, 2.75) is 26.8 Å². The van der Waals surface area contributed by atoms with Crippen LogP contribution in [0.3, 0.4) is 0 Å². The fraction of sp³-hybridized carbons (Fsp3) is 0.588. The lowest BCUT2D eigenvalue weighted by atomic mass is 10.1. The molecule has 0 amide bonds. The van der Waals surface area contributed by atoms with Gasteiger partial charge in [0.1, 0.15) is 5.75 Å². The van der Waals surface area contributed by atoms with Crippen molar-refractivity contribution in [1.82, 2.24) is 4.90 Å². The molecule has 0 saturated carbocycles. The van der Waals surface area contributed by atoms with E-state index in [0.717, 1.165) is 38.4 Å². The summed E-state index contributed by atoms with van der Waals surface area (Å²) < 4.78 is 10.6. The first-order chi connectivity index (χ1) is 10.1. The maximum Gasteiger partial charge on any atom is 0.310 e. The number of esters is 1. The maximum atomic E-state index is 11.5. The van der Waals surface area contributed by atoms with Crippen molar-refractivity contribution < 1.29 is 14.3 Å². The van der Waals surface area contributed by atoms with Gasteiger partial charge in [-0.3, -0.25) is 9.69 Å². The Labute approximate surface area is 127 Å². The van der Waals surface area contributed by atoms with Gasteiger partial charge >= 0.3 is 5.97 Å². The largest absolute Gasteiger partial charge is 0.493 e. The SMILES string of the molecule is COC(=O)C1CCN(Cc2cccc(OCC(C)C)c2)C1. The van der Waals surface area contributed by atoms with Gasteiger partial charge in [0, 0.05) is 13.1 Å². The van der Waals surface area contributed by atoms with Gasteiger partial charge in [-0.1, -0.05) is 26.0 Å². The Bertz CT molecular complexity index is 473. The monoisotopic (exact) mass is 291 g/mol. The molecule has 21 heavy (non-hydrogen) atoms. The normalized spacial score (nSPS) is 19.0. The quantitative estimate of drug-likeness (QED) is 0.755. The number of nitrogens with zero attached hydrogens (tertiary/aromatic N) is 1. The Hall–Kier alpha value is -1.55. The van der Waals surface area contributed by atoms with Gasteiger partial charge in [-0.15, -0.1) is 0 Å². The summed E-state index contributed by atoms with van der Waals surface area (Å²) in [4.78, 5) is 13.8. The molecule has 1 aliphatic rings. The molecule has 1 fully saturated rings. The summed E-state index contributed by atoms with van der Waals surface area (Å²) in [5.74, 6) is 1.37. The highest BCUT2D eigenvalue weighted by atomic mass is 16.5. The number of ether oxygens (including phenoxy) is 2. The van der Waals surface area contributed by atoms with E-state index in [9.17, 15) is 4.79 Å². The predicted octanol–water partition coefficient (Wildman–Crippen LogP) is 2.72. The molecule has 2 rings (SSSR count). The molecule has 1 aromatic carbocycles. The first-order valence-electron chi connectivity index (χ1n) is 7.60. The molecular weight excluding hydrogens is 266 g/mol. The van der Waals surface area contributed by atoms with Crippen LogP contribution >= 0.6 is 0 Å². The number of carbonyl (C=O) groups is 1. The smallest absolute Gasteiger partial charge is 0.310 e. The lowest BCUT2D eigenvalue weighted by Gasteiger charge is -2.16. The van der Waals surface area contributed by atoms with Crippen LogP contribution in [0.5, 0.6) is 5.75 Å². The number of hydrogen-bond donors (Lipinski definition) is 0. The van der Waals surface area contributed by atoms with Gasteiger partial charge in [0.15, 0.2) is 0 Å². The van der Waals surface area contributed by atoms with Gasteiger partial charge in [0.05, 0.1) is 19.6 Å². The van der Waals surface area contributed by atoms with Gasteiger partial charge in [-0.05, 0) is 36.6 Å². The molecule has 1 aromatic rings. The molecule has 0 N–H and O–H groups in total. The summed E-state index contributed by atoms with van der Waals surface area (Å²) in [5, 5.41) is 0. The maximum absolute atomic E-state index is 11.5. The third-order valence-electron chi connectivity index (χ3n) is 3.69. The van der Waals surface area contributed by atoms with E-state index in [-0.39, 0.29) is 11.9 Å². The molecule has 116 valence electrons. The van der Waals surface area contributed by atoms with Gasteiger partial charge in [-0.2, -0.15) is 0 Å². The average Bonchev–Trinajstić information content (AvgIpc) is 2.93. The summed E-state index contributed by atoms with van der Waals surface area (Å²) in [6.07, 6.45) is 0.885. The molecule has 1 atom stereocenters. The number of methoxy groups -OCH3 is 1. The van der Waals surface area contributed by atoms with Crippen molar-refractivity contribution in [3.05, 3.63) is 29.8 Å². The van der Waals surface area contributed by atoms with Gasteiger partial charge in [-0.25, -0.2) is 0 Å². The van der Waals surface area contributed by atoms with Crippen molar-refractivity contribution in [2.24, 2.45) is 11.8 Å². The van der Waals surface area contributed by atoms with Crippen molar-refractivity contribution in [2.75, 3.05) is 26.8 Å². The van der Waals surface area contributed by atoms with E-state index in [1.165, 1.54) is 12.7 Å². The van der Waals surface area contributed by atoms with Crippen molar-refractivity contribution in [3.63, 3.8) is 0 Å². The molecule has 4 nitrogen and oxygen atoms in total. The van der Waals surface area contributed by atoms with E-state index in [2.05, 4.69) is 30.9 Å². The number of carbonyl (C=O) groups excluding carboxylic acids is 1. The Morgan fingerprint density at radius 3 is 2.95 bits per heavy atom. The van der Waals surface area contributed by atoms with E-state index in [0.29, 0.717) is 5.92 Å². The molecule has 0 spiro atoms. The van der Waals surface area contributed by atoms with Crippen LogP contribution in [0.2, 0.25) is 0 Å². The van der Waals surface area contributed by atoms with E-state index in [4.69, 9.17) is 9.47 Å². The summed E-state index contributed by atoms with van der Waals surface area (Å²) in [6, 6.07) is 8.22. The first kappa shape index (κ1) is 15.8. The van der Waals surface area contributed by atoms with E-state index < -0.39 is 0 Å². The molecule has 1 heterocycles. The second-order valence-corrected chi connectivity index (χ2v) is 6.10. The molecule has 1 aliphatic heterocycles. The van der Waals surface area contributed by atoms with E-state index >= 15 is 0 Å². The summed E-state index contributed by atoms with van der Waals surface area (Å²) in [7, 11) is 1.46. The zero-order chi connectivity index (χ0) is 15.2. The number of rotatable bonds is 6. The zero-order valence-electron chi connectivity index (χ0n) is 13.2. The van der Waals surface area contributed by atoms with Crippen molar-refractivity contribution in [1.29, 1.82) is 0 Å². The summed E-state index contributed by atoms with van der Waals surface area (Å²) >= 11 is 0. The van der Waals surface area contributed by atoms with Crippen LogP contribution in [0.15, 0.2) is 24.3 Å². The van der Waals surface area contributed by atoms with Gasteiger partial charge < -0.3 is 9.47 Å². The molecule has 0 radical (unpaired) electrons. The van der Waals surface area contributed by atoms with Gasteiger partial charge in [0.25, 0.3) is 0 Å². The average molecular weight is 291 g/mol. The fourth-order valence-electron chi connectivity index (χ4n) is 2.59. The highest BCUT2D eigenvalue weighted by Gasteiger charge is 2.28. The molecule has 1 saturated heterocycles. The minimum Gasteiger partial charge on any atom is -0.493 e. The number of hydrogen-bond acceptors (Lipinski definition) is 4. The van der Waals surface area contributed by atoms with Crippen LogP contribution in [-0.2, 0) is 16.1 Å². The van der Waals surface area contributed by atoms with E-state index in [1.54, 1.807) is 0 Å². The van der Waals surface area contributed by atoms with Crippen LogP contribution in [0, 0.1) is 11.8 Å². The Morgan fingerprint density at radius 2 is 2.24 bits per heavy atom. The summed E-state index contributed by atoms with van der Waals surface area (Å²) in [5.41, 5.74) is 1.22. The first-order valence-corrected chi connectivity index (χ1v) is 7.60. The van der Waals surface area contributed by atoms with Crippen LogP contribution in [0.4, 0.5) is 0 Å². The van der Waals surface area contributed by atoms with Crippen LogP contribution < -0.4 is 4.74 Å². The molecule has 0 aromatic heterocycles. The molecule has 1 unspecified atom stereocenters. The Kier molecular flexibility index (Phi) is 5.62. The predicted molar refractivity (Wildman–Crippen MR) is 82.2 cm³/mol. The molecule has 0 bridgehead atoms. The van der Waals surface area contributed by atoms with Crippen LogP contribution in [-0.4, -0.2) is 37.7 Å². The lowest BCUT2D eigenvalue weighted by molar-refractivity contribution is -0.144. The third-order valence-corrected chi connectivity index (χ3v) is 3.69. The summed E-state index contributed by atoms with van der Waals surface area (Å²) in [6.45, 7) is 7.59. The fourth-order valence-corrected chi connectivity index (χ4v) is 2.59. The molecular formula is C17H25NO3. The minimum absolute atomic E-state index is 0.0235. The highest BCUT2D eigenvalue weighted by Crippen LogP contribution is 2.21. The zero-order valence-corrected chi connectivity index (χ0v) is 13.2. The second-order valence-electron chi connectivity index (χ2n) is 6.10. The number of benzene rings is 1. The van der Waals surface area contributed by atoms with Gasteiger partial charge in [0.2, 0.25) is 0 Å². The van der Waals surface area contributed by atoms with Crippen molar-refractivity contribution in [3.8, 4) is 5.75 Å².